The lowest BCUT2D eigenvalue weighted by Crippen LogP contribution is -2.17. The van der Waals surface area contributed by atoms with E-state index in [2.05, 4.69) is 15.3 Å². The van der Waals surface area contributed by atoms with Gasteiger partial charge in [0.2, 0.25) is 0 Å². The first-order chi connectivity index (χ1) is 16.3. The van der Waals surface area contributed by atoms with Crippen LogP contribution in [0.25, 0.3) is 33.2 Å². The minimum Gasteiger partial charge on any atom is -0.386 e. The fraction of sp³-hybridized carbons (Fsp3) is 0.480. The van der Waals surface area contributed by atoms with Gasteiger partial charge in [0.1, 0.15) is 0 Å². The van der Waals surface area contributed by atoms with Crippen molar-refractivity contribution < 1.29 is 18.3 Å². The maximum Gasteiger partial charge on any atom is 0.389 e. The van der Waals surface area contributed by atoms with Crippen molar-refractivity contribution in [2.45, 2.75) is 71.2 Å². The van der Waals surface area contributed by atoms with Crippen LogP contribution in [0.3, 0.4) is 0 Å². The Labute approximate surface area is 206 Å². The van der Waals surface area contributed by atoms with Crippen molar-refractivity contribution in [3.63, 3.8) is 0 Å². The molecule has 1 aromatic carbocycles. The second-order valence-corrected chi connectivity index (χ2v) is 10.0. The molecule has 1 atom stereocenters. The molecule has 0 bridgehead atoms. The molecule has 0 spiro atoms. The van der Waals surface area contributed by atoms with Gasteiger partial charge < -0.3 is 9.67 Å². The Morgan fingerprint density at radius 1 is 1.11 bits per heavy atom. The van der Waals surface area contributed by atoms with Crippen molar-refractivity contribution >= 4 is 33.5 Å². The summed E-state index contributed by atoms with van der Waals surface area (Å²) < 4.78 is 43.3. The number of benzene rings is 1. The zero-order valence-corrected chi connectivity index (χ0v) is 21.2. The van der Waals surface area contributed by atoms with Gasteiger partial charge in [-0.3, -0.25) is 4.98 Å². The third-order valence-corrected chi connectivity index (χ3v) is 6.71. The number of fused-ring (bicyclic) bond motifs is 3. The van der Waals surface area contributed by atoms with E-state index in [1.165, 1.54) is 0 Å². The maximum absolute atomic E-state index is 13.3. The van der Waals surface area contributed by atoms with Crippen LogP contribution in [0.15, 0.2) is 24.4 Å². The molecule has 0 saturated carbocycles. The molecule has 10 heteroatoms. The molecule has 0 aliphatic rings. The molecular formula is C25H29ClF3N5O. The van der Waals surface area contributed by atoms with Gasteiger partial charge >= 0.3 is 6.18 Å². The van der Waals surface area contributed by atoms with Crippen LogP contribution in [0.5, 0.6) is 0 Å². The van der Waals surface area contributed by atoms with Crippen LogP contribution in [-0.2, 0) is 12.6 Å². The van der Waals surface area contributed by atoms with Crippen LogP contribution in [0, 0.1) is 6.92 Å². The second-order valence-electron chi connectivity index (χ2n) is 9.62. The highest BCUT2D eigenvalue weighted by Gasteiger charge is 2.31. The Balaban J connectivity index is 2.06. The first-order valence-corrected chi connectivity index (χ1v) is 12.0. The molecule has 0 amide bonds. The Morgan fingerprint density at radius 2 is 1.83 bits per heavy atom. The molecule has 3 aromatic heterocycles. The van der Waals surface area contributed by atoms with Crippen LogP contribution in [0.1, 0.15) is 63.8 Å². The van der Waals surface area contributed by atoms with Gasteiger partial charge in [0.05, 0.1) is 38.6 Å². The van der Waals surface area contributed by atoms with Crippen molar-refractivity contribution in [3.05, 3.63) is 40.7 Å². The molecule has 4 rings (SSSR count). The highest BCUT2D eigenvalue weighted by Crippen LogP contribution is 2.42. The topological polar surface area (TPSA) is 68.8 Å². The molecule has 4 aromatic rings. The fourth-order valence-corrected chi connectivity index (χ4v) is 5.07. The number of rotatable bonds is 7. The standard InChI is InChI=1S/C25H29ClF3N5O/c1-6-7-17(8-9-25(27,28)29)34-19-11-15(23-14(2)31-32-33(23)5)10-18(26)21(19)22-20(34)12-16(13-30-22)24(3,4)35/h10-13,17,35H,6-9H2,1-5H3. The molecule has 0 radical (unpaired) electrons. The largest absolute Gasteiger partial charge is 0.389 e. The summed E-state index contributed by atoms with van der Waals surface area (Å²) in [5, 5.41) is 19.9. The van der Waals surface area contributed by atoms with E-state index in [4.69, 9.17) is 11.6 Å². The Morgan fingerprint density at radius 3 is 2.40 bits per heavy atom. The maximum atomic E-state index is 13.3. The minimum atomic E-state index is -4.26. The van der Waals surface area contributed by atoms with Gasteiger partial charge in [-0.05, 0) is 51.8 Å². The van der Waals surface area contributed by atoms with Gasteiger partial charge in [-0.1, -0.05) is 30.2 Å². The van der Waals surface area contributed by atoms with Gasteiger partial charge in [-0.25, -0.2) is 4.68 Å². The van der Waals surface area contributed by atoms with E-state index in [0.717, 1.165) is 17.0 Å². The summed E-state index contributed by atoms with van der Waals surface area (Å²) in [7, 11) is 1.78. The highest BCUT2D eigenvalue weighted by molar-refractivity contribution is 6.38. The van der Waals surface area contributed by atoms with Gasteiger partial charge in [-0.2, -0.15) is 13.2 Å². The van der Waals surface area contributed by atoms with Crippen LogP contribution in [-0.4, -0.2) is 35.8 Å². The van der Waals surface area contributed by atoms with Crippen LogP contribution < -0.4 is 0 Å². The van der Waals surface area contributed by atoms with Crippen LogP contribution in [0.2, 0.25) is 5.02 Å². The predicted octanol–water partition coefficient (Wildman–Crippen LogP) is 6.86. The molecule has 0 saturated heterocycles. The quantitative estimate of drug-likeness (QED) is 0.297. The summed E-state index contributed by atoms with van der Waals surface area (Å²) in [6.45, 7) is 7.10. The Bertz CT molecular complexity index is 1360. The average Bonchev–Trinajstić information content (AvgIpc) is 3.26. The first kappa shape index (κ1) is 25.4. The highest BCUT2D eigenvalue weighted by atomic mass is 35.5. The van der Waals surface area contributed by atoms with Gasteiger partial charge in [0.25, 0.3) is 0 Å². The molecule has 1 unspecified atom stereocenters. The first-order valence-electron chi connectivity index (χ1n) is 11.6. The lowest BCUT2D eigenvalue weighted by Gasteiger charge is -2.23. The smallest absolute Gasteiger partial charge is 0.386 e. The number of hydrogen-bond donors (Lipinski definition) is 1. The number of nitrogens with zero attached hydrogens (tertiary/aromatic N) is 5. The number of alkyl halides is 3. The lowest BCUT2D eigenvalue weighted by atomic mass is 10.00. The monoisotopic (exact) mass is 507 g/mol. The van der Waals surface area contributed by atoms with E-state index in [1.807, 2.05) is 36.6 Å². The zero-order chi connectivity index (χ0) is 25.7. The third-order valence-electron chi connectivity index (χ3n) is 6.42. The molecule has 0 aliphatic carbocycles. The molecule has 35 heavy (non-hydrogen) atoms. The average molecular weight is 508 g/mol. The normalized spacial score (nSPS) is 13.8. The van der Waals surface area contributed by atoms with Crippen LogP contribution in [0.4, 0.5) is 13.2 Å². The summed E-state index contributed by atoms with van der Waals surface area (Å²) in [5.41, 5.74) is 3.61. The van der Waals surface area contributed by atoms with Crippen molar-refractivity contribution in [3.8, 4) is 11.3 Å². The van der Waals surface area contributed by atoms with Gasteiger partial charge in [0, 0.05) is 42.2 Å². The molecule has 3 heterocycles. The summed E-state index contributed by atoms with van der Waals surface area (Å²) >= 11 is 6.80. The molecular weight excluding hydrogens is 479 g/mol. The zero-order valence-electron chi connectivity index (χ0n) is 20.4. The van der Waals surface area contributed by atoms with Gasteiger partial charge in [-0.15, -0.1) is 5.10 Å². The molecule has 1 N–H and O–H groups in total. The number of aromatic nitrogens is 5. The van der Waals surface area contributed by atoms with Crippen molar-refractivity contribution in [1.82, 2.24) is 24.5 Å². The molecule has 188 valence electrons. The van der Waals surface area contributed by atoms with Crippen LogP contribution >= 0.6 is 11.6 Å². The minimum absolute atomic E-state index is 0.0723. The molecule has 6 nitrogen and oxygen atoms in total. The number of halogens is 4. The number of aryl methyl sites for hydroxylation is 2. The Hall–Kier alpha value is -2.65. The summed E-state index contributed by atoms with van der Waals surface area (Å²) in [4.78, 5) is 4.62. The Kier molecular flexibility index (Phi) is 6.61. The number of hydrogen-bond acceptors (Lipinski definition) is 4. The predicted molar refractivity (Wildman–Crippen MR) is 131 cm³/mol. The third kappa shape index (κ3) is 4.89. The van der Waals surface area contributed by atoms with E-state index in [9.17, 15) is 18.3 Å². The summed E-state index contributed by atoms with van der Waals surface area (Å²) in [6.07, 6.45) is -2.37. The molecule has 0 fully saturated rings. The number of pyridine rings is 1. The van der Waals surface area contributed by atoms with Crippen molar-refractivity contribution in [1.29, 1.82) is 0 Å². The summed E-state index contributed by atoms with van der Waals surface area (Å²) in [6, 6.07) is 5.12. The van der Waals surface area contributed by atoms with E-state index in [1.54, 1.807) is 31.8 Å². The van der Waals surface area contributed by atoms with Crippen molar-refractivity contribution in [2.75, 3.05) is 0 Å². The van der Waals surface area contributed by atoms with E-state index in [0.29, 0.717) is 45.4 Å². The number of aliphatic hydroxyl groups is 1. The van der Waals surface area contributed by atoms with E-state index < -0.39 is 24.2 Å². The summed E-state index contributed by atoms with van der Waals surface area (Å²) in [5.74, 6) is 0. The SMILES string of the molecule is CCCC(CCC(F)(F)F)n1c2cc(C(C)(C)O)cnc2c2c(Cl)cc(-c3c(C)nnn3C)cc21. The van der Waals surface area contributed by atoms with Gasteiger partial charge in [0.15, 0.2) is 0 Å². The molecule has 0 aliphatic heterocycles. The lowest BCUT2D eigenvalue weighted by molar-refractivity contribution is -0.137. The van der Waals surface area contributed by atoms with E-state index in [-0.39, 0.29) is 6.42 Å². The van der Waals surface area contributed by atoms with E-state index >= 15 is 0 Å². The second kappa shape index (κ2) is 9.09. The van der Waals surface area contributed by atoms with Crippen molar-refractivity contribution in [2.24, 2.45) is 7.05 Å². The fourth-order valence-electron chi connectivity index (χ4n) is 4.76.